The van der Waals surface area contributed by atoms with E-state index in [1.165, 1.54) is 0 Å². The molecule has 5 nitrogen and oxygen atoms in total. The van der Waals surface area contributed by atoms with Crippen molar-refractivity contribution < 1.29 is 14.7 Å². The summed E-state index contributed by atoms with van der Waals surface area (Å²) in [7, 11) is 0. The molecule has 1 fully saturated rings. The summed E-state index contributed by atoms with van der Waals surface area (Å²) in [5.74, 6) is 0.0406. The fraction of sp³-hybridized carbons (Fsp3) is 0.462. The molecule has 0 bridgehead atoms. The van der Waals surface area contributed by atoms with Crippen LogP contribution in [0, 0.1) is 0 Å². The molecule has 0 atom stereocenters. The second-order valence-electron chi connectivity index (χ2n) is 4.41. The minimum atomic E-state index is 0.0406. The quantitative estimate of drug-likeness (QED) is 0.384. The van der Waals surface area contributed by atoms with Crippen molar-refractivity contribution in [1.82, 2.24) is 0 Å². The van der Waals surface area contributed by atoms with E-state index in [0.29, 0.717) is 17.2 Å². The first-order valence-electron chi connectivity index (χ1n) is 6.16. The Bertz CT molecular complexity index is 459. The maximum atomic E-state index is 8.61. The van der Waals surface area contributed by atoms with Crippen LogP contribution in [0.1, 0.15) is 24.0 Å². The molecule has 3 N–H and O–H groups in total. The maximum absolute atomic E-state index is 8.61. The number of nitrogens with zero attached hydrogens (tertiary/aromatic N) is 1. The summed E-state index contributed by atoms with van der Waals surface area (Å²) >= 11 is 6.15. The van der Waals surface area contributed by atoms with Crippen molar-refractivity contribution in [2.75, 3.05) is 13.2 Å². The van der Waals surface area contributed by atoms with Gasteiger partial charge in [-0.25, -0.2) is 0 Å². The summed E-state index contributed by atoms with van der Waals surface area (Å²) in [5.41, 5.74) is 6.98. The van der Waals surface area contributed by atoms with Gasteiger partial charge in [0.15, 0.2) is 5.84 Å². The van der Waals surface area contributed by atoms with Crippen LogP contribution in [0.25, 0.3) is 0 Å². The van der Waals surface area contributed by atoms with Crippen LogP contribution in [0.5, 0.6) is 0 Å². The summed E-state index contributed by atoms with van der Waals surface area (Å²) in [5, 5.41) is 12.1. The Morgan fingerprint density at radius 3 is 2.84 bits per heavy atom. The third kappa shape index (κ3) is 3.83. The first-order chi connectivity index (χ1) is 9.20. The number of oxime groups is 1. The predicted molar refractivity (Wildman–Crippen MR) is 72.6 cm³/mol. The lowest BCUT2D eigenvalue weighted by Gasteiger charge is -2.22. The van der Waals surface area contributed by atoms with Gasteiger partial charge in [-0.1, -0.05) is 28.9 Å². The van der Waals surface area contributed by atoms with Crippen molar-refractivity contribution in [3.8, 4) is 0 Å². The van der Waals surface area contributed by atoms with Gasteiger partial charge < -0.3 is 20.4 Å². The summed E-state index contributed by atoms with van der Waals surface area (Å²) in [6.07, 6.45) is 2.06. The van der Waals surface area contributed by atoms with E-state index >= 15 is 0 Å². The normalized spacial score (nSPS) is 17.6. The van der Waals surface area contributed by atoms with E-state index in [2.05, 4.69) is 5.16 Å². The molecule has 104 valence electrons. The van der Waals surface area contributed by atoms with Gasteiger partial charge in [-0.3, -0.25) is 0 Å². The lowest BCUT2D eigenvalue weighted by atomic mass is 10.1. The van der Waals surface area contributed by atoms with E-state index in [1.54, 1.807) is 12.1 Å². The van der Waals surface area contributed by atoms with Gasteiger partial charge in [0.1, 0.15) is 0 Å². The Balaban J connectivity index is 1.97. The van der Waals surface area contributed by atoms with Crippen LogP contribution in [-0.4, -0.2) is 30.4 Å². The second kappa shape index (κ2) is 6.75. The maximum Gasteiger partial charge on any atom is 0.170 e. The van der Waals surface area contributed by atoms with Crippen LogP contribution >= 0.6 is 11.6 Å². The van der Waals surface area contributed by atoms with Crippen molar-refractivity contribution in [2.45, 2.75) is 25.6 Å². The molecule has 1 aliphatic heterocycles. The smallest absolute Gasteiger partial charge is 0.170 e. The molecule has 6 heteroatoms. The number of ether oxygens (including phenoxy) is 2. The average molecular weight is 285 g/mol. The molecule has 0 aliphatic carbocycles. The number of rotatable bonds is 4. The van der Waals surface area contributed by atoms with Crippen LogP contribution in [0.3, 0.4) is 0 Å². The van der Waals surface area contributed by atoms with E-state index in [1.807, 2.05) is 6.07 Å². The van der Waals surface area contributed by atoms with Crippen molar-refractivity contribution >= 4 is 17.4 Å². The van der Waals surface area contributed by atoms with Crippen molar-refractivity contribution in [2.24, 2.45) is 10.9 Å². The Hall–Kier alpha value is -1.30. The minimum absolute atomic E-state index is 0.0406. The molecule has 0 unspecified atom stereocenters. The van der Waals surface area contributed by atoms with Gasteiger partial charge in [0.25, 0.3) is 0 Å². The van der Waals surface area contributed by atoms with E-state index in [-0.39, 0.29) is 11.9 Å². The molecule has 1 saturated heterocycles. The Kier molecular flexibility index (Phi) is 5.01. The van der Waals surface area contributed by atoms with Gasteiger partial charge in [-0.2, -0.15) is 0 Å². The number of amidine groups is 1. The van der Waals surface area contributed by atoms with Crippen LogP contribution in [0.15, 0.2) is 23.4 Å². The number of hydrogen-bond acceptors (Lipinski definition) is 4. The lowest BCUT2D eigenvalue weighted by molar-refractivity contribution is -0.0390. The molecular formula is C13H17ClN2O3. The summed E-state index contributed by atoms with van der Waals surface area (Å²) in [4.78, 5) is 0. The molecule has 1 aromatic rings. The average Bonchev–Trinajstić information content (AvgIpc) is 2.46. The highest BCUT2D eigenvalue weighted by Gasteiger charge is 2.15. The van der Waals surface area contributed by atoms with Crippen molar-refractivity contribution in [3.05, 3.63) is 34.3 Å². The first-order valence-corrected chi connectivity index (χ1v) is 6.54. The third-order valence-electron chi connectivity index (χ3n) is 3.10. The molecule has 0 amide bonds. The first kappa shape index (κ1) is 14.1. The minimum Gasteiger partial charge on any atom is -0.409 e. The summed E-state index contributed by atoms with van der Waals surface area (Å²) in [6, 6.07) is 5.25. The summed E-state index contributed by atoms with van der Waals surface area (Å²) in [6.45, 7) is 1.96. The fourth-order valence-corrected chi connectivity index (χ4v) is 2.17. The van der Waals surface area contributed by atoms with E-state index in [9.17, 15) is 0 Å². The van der Waals surface area contributed by atoms with Gasteiger partial charge in [-0.15, -0.1) is 0 Å². The van der Waals surface area contributed by atoms with Gasteiger partial charge in [-0.05, 0) is 24.5 Å². The Morgan fingerprint density at radius 2 is 2.21 bits per heavy atom. The molecule has 0 radical (unpaired) electrons. The van der Waals surface area contributed by atoms with Crippen LogP contribution < -0.4 is 5.73 Å². The summed E-state index contributed by atoms with van der Waals surface area (Å²) < 4.78 is 11.1. The number of hydrogen-bond donors (Lipinski definition) is 2. The SMILES string of the molecule is N/C(=N/O)c1ccc(COC2CCOCC2)c(Cl)c1. The molecule has 1 aliphatic rings. The zero-order valence-electron chi connectivity index (χ0n) is 10.5. The monoisotopic (exact) mass is 284 g/mol. The highest BCUT2D eigenvalue weighted by Crippen LogP contribution is 2.21. The van der Waals surface area contributed by atoms with Gasteiger partial charge in [0, 0.05) is 23.8 Å². The zero-order chi connectivity index (χ0) is 13.7. The molecule has 0 saturated carbocycles. The van der Waals surface area contributed by atoms with Crippen LogP contribution in [0.2, 0.25) is 5.02 Å². The standard InChI is InChI=1S/C13H17ClN2O3/c14-12-7-9(13(15)16-17)1-2-10(12)8-19-11-3-5-18-6-4-11/h1-2,7,11,17H,3-6,8H2,(H2,15,16). The molecule has 0 aromatic heterocycles. The topological polar surface area (TPSA) is 77.1 Å². The highest BCUT2D eigenvalue weighted by molar-refractivity contribution is 6.31. The van der Waals surface area contributed by atoms with E-state index < -0.39 is 0 Å². The second-order valence-corrected chi connectivity index (χ2v) is 4.82. The molecular weight excluding hydrogens is 268 g/mol. The zero-order valence-corrected chi connectivity index (χ0v) is 11.3. The largest absolute Gasteiger partial charge is 0.409 e. The lowest BCUT2D eigenvalue weighted by Crippen LogP contribution is -2.23. The van der Waals surface area contributed by atoms with Crippen molar-refractivity contribution in [3.63, 3.8) is 0 Å². The van der Waals surface area contributed by atoms with E-state index in [4.69, 9.17) is 32.0 Å². The van der Waals surface area contributed by atoms with Crippen LogP contribution in [0.4, 0.5) is 0 Å². The van der Waals surface area contributed by atoms with E-state index in [0.717, 1.165) is 31.6 Å². The number of nitrogens with two attached hydrogens (primary N) is 1. The number of benzene rings is 1. The highest BCUT2D eigenvalue weighted by atomic mass is 35.5. The van der Waals surface area contributed by atoms with Crippen LogP contribution in [-0.2, 0) is 16.1 Å². The fourth-order valence-electron chi connectivity index (χ4n) is 1.93. The molecule has 2 rings (SSSR count). The molecule has 19 heavy (non-hydrogen) atoms. The van der Waals surface area contributed by atoms with Gasteiger partial charge in [0.2, 0.25) is 0 Å². The van der Waals surface area contributed by atoms with Gasteiger partial charge in [0.05, 0.1) is 12.7 Å². The Morgan fingerprint density at radius 1 is 1.47 bits per heavy atom. The molecule has 0 spiro atoms. The van der Waals surface area contributed by atoms with Crippen molar-refractivity contribution in [1.29, 1.82) is 0 Å². The predicted octanol–water partition coefficient (Wildman–Crippen LogP) is 2.13. The number of halogens is 1. The van der Waals surface area contributed by atoms with Gasteiger partial charge >= 0.3 is 0 Å². The molecule has 1 aromatic carbocycles. The third-order valence-corrected chi connectivity index (χ3v) is 3.45. The molecule has 1 heterocycles. The Labute approximate surface area is 116 Å².